The second-order valence-electron chi connectivity index (χ2n) is 2.63. The van der Waals surface area contributed by atoms with Crippen molar-refractivity contribution in [3.05, 3.63) is 11.6 Å². The number of carboxylic acids is 1. The molecule has 7 nitrogen and oxygen atoms in total. The van der Waals surface area contributed by atoms with E-state index in [9.17, 15) is 14.4 Å². The lowest BCUT2D eigenvalue weighted by molar-refractivity contribution is -0.143. The lowest BCUT2D eigenvalue weighted by Crippen LogP contribution is -2.41. The zero-order valence-corrected chi connectivity index (χ0v) is 9.04. The van der Waals surface area contributed by atoms with Crippen LogP contribution in [0.2, 0.25) is 0 Å². The summed E-state index contributed by atoms with van der Waals surface area (Å²) < 4.78 is 4.45. The van der Waals surface area contributed by atoms with Crippen molar-refractivity contribution in [2.45, 2.75) is 0 Å². The smallest absolute Gasteiger partial charge is 0.329 e. The molecule has 0 bridgehead atoms. The van der Waals surface area contributed by atoms with Crippen molar-refractivity contribution in [1.29, 1.82) is 0 Å². The van der Waals surface area contributed by atoms with Crippen LogP contribution in [-0.2, 0) is 14.3 Å². The van der Waals surface area contributed by atoms with Gasteiger partial charge in [0.2, 0.25) is 0 Å². The van der Waals surface area contributed by atoms with Crippen LogP contribution >= 0.6 is 11.6 Å². The molecule has 0 radical (unpaired) electrons. The van der Waals surface area contributed by atoms with Gasteiger partial charge in [-0.25, -0.2) is 9.59 Å². The summed E-state index contributed by atoms with van der Waals surface area (Å²) in [4.78, 5) is 31.9. The Morgan fingerprint density at radius 2 is 1.94 bits per heavy atom. The Kier molecular flexibility index (Phi) is 6.89. The Balaban J connectivity index is 3.66. The van der Waals surface area contributed by atoms with Gasteiger partial charge >= 0.3 is 12.0 Å². The summed E-state index contributed by atoms with van der Waals surface area (Å²) in [7, 11) is 0. The van der Waals surface area contributed by atoms with Crippen molar-refractivity contribution in [3.8, 4) is 0 Å². The summed E-state index contributed by atoms with van der Waals surface area (Å²) in [5.74, 6) is -1.95. The zero-order chi connectivity index (χ0) is 12.6. The molecule has 16 heavy (non-hydrogen) atoms. The van der Waals surface area contributed by atoms with E-state index in [2.05, 4.69) is 16.6 Å². The molecule has 0 saturated carbocycles. The van der Waals surface area contributed by atoms with Gasteiger partial charge in [0.1, 0.15) is 13.2 Å². The van der Waals surface area contributed by atoms with Gasteiger partial charge in [-0.05, 0) is 0 Å². The molecule has 0 rings (SSSR count). The van der Waals surface area contributed by atoms with Crippen LogP contribution < -0.4 is 10.6 Å². The van der Waals surface area contributed by atoms with Gasteiger partial charge in [0.05, 0.1) is 6.54 Å². The number of urea groups is 1. The highest BCUT2D eigenvalue weighted by Gasteiger charge is 2.08. The Morgan fingerprint density at radius 1 is 1.31 bits per heavy atom. The fourth-order valence-corrected chi connectivity index (χ4v) is 0.681. The minimum absolute atomic E-state index is 0.0245. The van der Waals surface area contributed by atoms with Crippen LogP contribution in [-0.4, -0.2) is 42.8 Å². The van der Waals surface area contributed by atoms with Gasteiger partial charge in [-0.2, -0.15) is 0 Å². The third-order valence-electron chi connectivity index (χ3n) is 1.15. The summed E-state index contributed by atoms with van der Waals surface area (Å²) >= 11 is 5.37. The maximum Gasteiger partial charge on any atom is 0.329 e. The normalized spacial score (nSPS) is 9.31. The number of amides is 3. The van der Waals surface area contributed by atoms with Crippen molar-refractivity contribution in [1.82, 2.24) is 10.6 Å². The number of nitrogens with one attached hydrogen (secondary N) is 2. The summed E-state index contributed by atoms with van der Waals surface area (Å²) in [6, 6.07) is -0.759. The minimum Gasteiger partial charge on any atom is -0.480 e. The SMILES string of the molecule is C=C(Cl)CNC(=O)NC(=O)COCC(=O)O. The molecule has 8 heteroatoms. The molecule has 90 valence electrons. The zero-order valence-electron chi connectivity index (χ0n) is 8.29. The summed E-state index contributed by atoms with van der Waals surface area (Å²) in [5.41, 5.74) is 0. The number of carboxylic acid groups (broad SMARTS) is 1. The Morgan fingerprint density at radius 3 is 2.44 bits per heavy atom. The van der Waals surface area contributed by atoms with Crippen molar-refractivity contribution in [3.63, 3.8) is 0 Å². The van der Waals surface area contributed by atoms with Crippen molar-refractivity contribution in [2.24, 2.45) is 0 Å². The average Bonchev–Trinajstić information content (AvgIpc) is 2.14. The van der Waals surface area contributed by atoms with Crippen LogP contribution in [0.25, 0.3) is 0 Å². The molecule has 0 atom stereocenters. The first-order valence-electron chi connectivity index (χ1n) is 4.12. The highest BCUT2D eigenvalue weighted by molar-refractivity contribution is 6.29. The molecule has 0 aliphatic heterocycles. The number of hydrogen-bond acceptors (Lipinski definition) is 4. The first-order valence-corrected chi connectivity index (χ1v) is 4.50. The van der Waals surface area contributed by atoms with Crippen LogP contribution in [0.5, 0.6) is 0 Å². The van der Waals surface area contributed by atoms with E-state index >= 15 is 0 Å². The molecule has 3 amide bonds. The number of imide groups is 1. The molecule has 3 N–H and O–H groups in total. The van der Waals surface area contributed by atoms with Gasteiger partial charge in [-0.15, -0.1) is 0 Å². The lowest BCUT2D eigenvalue weighted by atomic mass is 10.6. The predicted octanol–water partition coefficient (Wildman–Crippen LogP) is -0.334. The number of ether oxygens (including phenoxy) is 1. The van der Waals surface area contributed by atoms with Crippen molar-refractivity contribution < 1.29 is 24.2 Å². The molecule has 0 saturated heterocycles. The van der Waals surface area contributed by atoms with E-state index in [4.69, 9.17) is 16.7 Å². The molecular formula is C8H11ClN2O5. The van der Waals surface area contributed by atoms with Crippen LogP contribution in [0.15, 0.2) is 11.6 Å². The molecule has 0 unspecified atom stereocenters. The third-order valence-corrected chi connectivity index (χ3v) is 1.29. The molecule has 0 heterocycles. The Labute approximate surface area is 96.4 Å². The molecule has 0 aromatic carbocycles. The van der Waals surface area contributed by atoms with Crippen LogP contribution in [0, 0.1) is 0 Å². The molecule has 0 fully saturated rings. The highest BCUT2D eigenvalue weighted by atomic mass is 35.5. The molecule has 0 aliphatic rings. The molecule has 0 spiro atoms. The largest absolute Gasteiger partial charge is 0.480 e. The maximum absolute atomic E-state index is 10.9. The first-order chi connectivity index (χ1) is 7.41. The van der Waals surface area contributed by atoms with Gasteiger partial charge in [0.25, 0.3) is 5.91 Å². The summed E-state index contributed by atoms with van der Waals surface area (Å²) in [5, 5.41) is 12.5. The van der Waals surface area contributed by atoms with Crippen molar-refractivity contribution in [2.75, 3.05) is 19.8 Å². The number of carbonyl (C=O) groups excluding carboxylic acids is 2. The Hall–Kier alpha value is -1.60. The molecule has 0 aromatic heterocycles. The van der Waals surface area contributed by atoms with Crippen LogP contribution in [0.4, 0.5) is 4.79 Å². The van der Waals surface area contributed by atoms with Crippen LogP contribution in [0.3, 0.4) is 0 Å². The third kappa shape index (κ3) is 8.97. The monoisotopic (exact) mass is 250 g/mol. The van der Waals surface area contributed by atoms with E-state index in [-0.39, 0.29) is 11.6 Å². The first kappa shape index (κ1) is 14.4. The average molecular weight is 251 g/mol. The van der Waals surface area contributed by atoms with E-state index in [0.717, 1.165) is 0 Å². The second-order valence-corrected chi connectivity index (χ2v) is 3.17. The lowest BCUT2D eigenvalue weighted by Gasteiger charge is -2.05. The van der Waals surface area contributed by atoms with Gasteiger partial charge < -0.3 is 15.2 Å². The summed E-state index contributed by atoms with van der Waals surface area (Å²) in [6.45, 7) is 2.23. The van der Waals surface area contributed by atoms with E-state index in [0.29, 0.717) is 0 Å². The molecule has 0 aliphatic carbocycles. The second kappa shape index (κ2) is 7.66. The number of rotatable bonds is 6. The van der Waals surface area contributed by atoms with E-state index < -0.39 is 31.1 Å². The minimum atomic E-state index is -1.20. The van der Waals surface area contributed by atoms with E-state index in [1.165, 1.54) is 0 Å². The number of halogens is 1. The predicted molar refractivity (Wildman–Crippen MR) is 55.0 cm³/mol. The topological polar surface area (TPSA) is 105 Å². The number of carbonyl (C=O) groups is 3. The van der Waals surface area contributed by atoms with E-state index in [1.54, 1.807) is 0 Å². The highest BCUT2D eigenvalue weighted by Crippen LogP contribution is 1.91. The van der Waals surface area contributed by atoms with Crippen LogP contribution in [0.1, 0.15) is 0 Å². The van der Waals surface area contributed by atoms with Crippen molar-refractivity contribution >= 4 is 29.5 Å². The fraction of sp³-hybridized carbons (Fsp3) is 0.375. The van der Waals surface area contributed by atoms with Gasteiger partial charge in [-0.3, -0.25) is 10.1 Å². The maximum atomic E-state index is 10.9. The quantitative estimate of drug-likeness (QED) is 0.598. The van der Waals surface area contributed by atoms with Gasteiger partial charge in [0.15, 0.2) is 0 Å². The van der Waals surface area contributed by atoms with E-state index in [1.807, 2.05) is 5.32 Å². The molecule has 0 aromatic rings. The number of aliphatic carboxylic acids is 1. The number of hydrogen-bond donors (Lipinski definition) is 3. The standard InChI is InChI=1S/C8H11ClN2O5/c1-5(9)2-10-8(15)11-6(12)3-16-4-7(13)14/h1-4H2,(H,13,14)(H2,10,11,12,15). The van der Waals surface area contributed by atoms with Gasteiger partial charge in [-0.1, -0.05) is 18.2 Å². The summed E-state index contributed by atoms with van der Waals surface area (Å²) in [6.07, 6.45) is 0. The Bertz CT molecular complexity index is 305. The molecular weight excluding hydrogens is 240 g/mol. The van der Waals surface area contributed by atoms with Gasteiger partial charge in [0, 0.05) is 5.03 Å². The fourth-order valence-electron chi connectivity index (χ4n) is 0.614.